The van der Waals surface area contributed by atoms with Gasteiger partial charge in [0.25, 0.3) is 0 Å². The van der Waals surface area contributed by atoms with Crippen molar-refractivity contribution in [1.82, 2.24) is 15.0 Å². The third-order valence-corrected chi connectivity index (χ3v) is 6.15. The number of carbonyl (C=O) groups is 1. The predicted molar refractivity (Wildman–Crippen MR) is 134 cm³/mol. The maximum atomic E-state index is 13.2. The number of morpholine rings is 1. The lowest BCUT2D eigenvalue weighted by atomic mass is 9.89. The summed E-state index contributed by atoms with van der Waals surface area (Å²) in [5.74, 6) is 0.277. The van der Waals surface area contributed by atoms with Gasteiger partial charge in [-0.25, -0.2) is 9.78 Å². The first-order valence-electron chi connectivity index (χ1n) is 11.8. The molecule has 0 bridgehead atoms. The Morgan fingerprint density at radius 2 is 1.70 bits per heavy atom. The van der Waals surface area contributed by atoms with Crippen LogP contribution >= 0.6 is 0 Å². The van der Waals surface area contributed by atoms with E-state index in [9.17, 15) is 18.0 Å². The van der Waals surface area contributed by atoms with Crippen LogP contribution in [0.25, 0.3) is 11.1 Å². The lowest BCUT2D eigenvalue weighted by Gasteiger charge is -2.26. The number of pyridine rings is 1. The molecule has 3 heterocycles. The van der Waals surface area contributed by atoms with Crippen LogP contribution in [0.1, 0.15) is 19.6 Å². The number of hydrogen-bond acceptors (Lipinski definition) is 7. The highest BCUT2D eigenvalue weighted by Crippen LogP contribution is 2.41. The van der Waals surface area contributed by atoms with Gasteiger partial charge in [-0.15, -0.1) is 0 Å². The molecule has 0 aliphatic carbocycles. The van der Waals surface area contributed by atoms with Crippen LogP contribution < -0.4 is 16.0 Å². The molecule has 1 aliphatic rings. The number of amides is 2. The van der Waals surface area contributed by atoms with Crippen LogP contribution in [0.5, 0.6) is 0 Å². The zero-order valence-electron chi connectivity index (χ0n) is 20.6. The fourth-order valence-electron chi connectivity index (χ4n) is 3.63. The van der Waals surface area contributed by atoms with Gasteiger partial charge in [0.2, 0.25) is 0 Å². The van der Waals surface area contributed by atoms with Crippen LogP contribution in [-0.4, -0.2) is 66.6 Å². The van der Waals surface area contributed by atoms with E-state index >= 15 is 0 Å². The Morgan fingerprint density at radius 1 is 1.00 bits per heavy atom. The minimum atomic E-state index is -4.52. The number of aromatic nitrogens is 2. The van der Waals surface area contributed by atoms with Crippen molar-refractivity contribution in [3.63, 3.8) is 0 Å². The Kier molecular flexibility index (Phi) is 7.98. The molecule has 2 aromatic heterocycles. The second-order valence-corrected chi connectivity index (χ2v) is 9.17. The summed E-state index contributed by atoms with van der Waals surface area (Å²) in [6.45, 7) is 7.12. The topological polar surface area (TPSA) is 105 Å². The number of urea groups is 1. The van der Waals surface area contributed by atoms with E-state index in [0.29, 0.717) is 5.69 Å². The van der Waals surface area contributed by atoms with E-state index in [1.165, 1.54) is 0 Å². The summed E-state index contributed by atoms with van der Waals surface area (Å²) in [5, 5.41) is 11.8. The van der Waals surface area contributed by atoms with Gasteiger partial charge in [-0.05, 0) is 43.7 Å². The zero-order chi connectivity index (χ0) is 26.5. The molecule has 1 aliphatic heterocycles. The largest absolute Gasteiger partial charge is 0.401 e. The first-order chi connectivity index (χ1) is 17.6. The monoisotopic (exact) mass is 518 g/mol. The molecular formula is C25H29F3N6O3. The van der Waals surface area contributed by atoms with E-state index in [4.69, 9.17) is 9.26 Å². The van der Waals surface area contributed by atoms with Crippen molar-refractivity contribution in [3.8, 4) is 11.1 Å². The normalized spacial score (nSPS) is 14.8. The molecule has 1 aromatic carbocycles. The molecule has 0 radical (unpaired) electrons. The smallest absolute Gasteiger partial charge is 0.379 e. The van der Waals surface area contributed by atoms with E-state index < -0.39 is 23.4 Å². The highest BCUT2D eigenvalue weighted by Gasteiger charge is 2.51. The molecule has 9 nitrogen and oxygen atoms in total. The minimum Gasteiger partial charge on any atom is -0.379 e. The number of halogens is 3. The second kappa shape index (κ2) is 11.2. The Morgan fingerprint density at radius 3 is 2.35 bits per heavy atom. The Balaban J connectivity index is 1.27. The first kappa shape index (κ1) is 26.4. The van der Waals surface area contributed by atoms with Crippen LogP contribution in [0, 0.1) is 0 Å². The predicted octanol–water partition coefficient (Wildman–Crippen LogP) is 4.96. The lowest BCUT2D eigenvalue weighted by Crippen LogP contribution is -2.39. The fraction of sp³-hybridized carbons (Fsp3) is 0.400. The Bertz CT molecular complexity index is 1170. The van der Waals surface area contributed by atoms with Gasteiger partial charge in [0.1, 0.15) is 11.2 Å². The van der Waals surface area contributed by atoms with Crippen molar-refractivity contribution < 1.29 is 27.2 Å². The number of alkyl halides is 3. The summed E-state index contributed by atoms with van der Waals surface area (Å²) in [6, 6.07) is 11.4. The average Bonchev–Trinajstić information content (AvgIpc) is 3.34. The van der Waals surface area contributed by atoms with Gasteiger partial charge < -0.3 is 19.9 Å². The minimum absolute atomic E-state index is 0.119. The van der Waals surface area contributed by atoms with Crippen molar-refractivity contribution in [2.75, 3.05) is 55.3 Å². The van der Waals surface area contributed by atoms with Crippen molar-refractivity contribution >= 4 is 23.4 Å². The molecule has 1 saturated heterocycles. The molecule has 0 unspecified atom stereocenters. The van der Waals surface area contributed by atoms with Crippen LogP contribution in [-0.2, 0) is 10.2 Å². The van der Waals surface area contributed by atoms with Gasteiger partial charge in [-0.2, -0.15) is 13.2 Å². The highest BCUT2D eigenvalue weighted by atomic mass is 19.4. The maximum absolute atomic E-state index is 13.2. The Labute approximate surface area is 212 Å². The van der Waals surface area contributed by atoms with Gasteiger partial charge in [0, 0.05) is 49.7 Å². The van der Waals surface area contributed by atoms with Gasteiger partial charge in [0.05, 0.1) is 13.2 Å². The van der Waals surface area contributed by atoms with E-state index in [1.807, 2.05) is 24.3 Å². The second-order valence-electron chi connectivity index (χ2n) is 9.17. The number of benzene rings is 1. The van der Waals surface area contributed by atoms with Gasteiger partial charge in [-0.1, -0.05) is 17.3 Å². The molecule has 3 aromatic rings. The SMILES string of the molecule is CC(C)(c1cc(NC(=O)Nc2ccc(-c3ccc(NCCN4CCOCC4)nc3)cc2)no1)C(F)(F)F. The number of ether oxygens (including phenoxy) is 1. The summed E-state index contributed by atoms with van der Waals surface area (Å²) in [5.41, 5.74) is 0.0825. The molecule has 1 fully saturated rings. The molecule has 3 N–H and O–H groups in total. The molecule has 4 rings (SSSR count). The van der Waals surface area contributed by atoms with Gasteiger partial charge in [-0.3, -0.25) is 10.2 Å². The molecule has 0 spiro atoms. The van der Waals surface area contributed by atoms with E-state index in [1.54, 1.807) is 18.3 Å². The summed E-state index contributed by atoms with van der Waals surface area (Å²) in [6.07, 6.45) is -2.75. The number of rotatable bonds is 8. The van der Waals surface area contributed by atoms with E-state index in [0.717, 1.165) is 76.3 Å². The molecule has 37 heavy (non-hydrogen) atoms. The van der Waals surface area contributed by atoms with Crippen molar-refractivity contribution in [2.24, 2.45) is 0 Å². The zero-order valence-corrected chi connectivity index (χ0v) is 20.6. The third kappa shape index (κ3) is 6.77. The Hall–Kier alpha value is -3.64. The average molecular weight is 519 g/mol. The van der Waals surface area contributed by atoms with Crippen LogP contribution in [0.4, 0.5) is 35.3 Å². The van der Waals surface area contributed by atoms with Crippen LogP contribution in [0.15, 0.2) is 53.2 Å². The third-order valence-electron chi connectivity index (χ3n) is 6.15. The molecule has 2 amide bonds. The van der Waals surface area contributed by atoms with Crippen molar-refractivity contribution in [1.29, 1.82) is 0 Å². The van der Waals surface area contributed by atoms with E-state index in [2.05, 4.69) is 31.0 Å². The number of carbonyl (C=O) groups excluding carboxylic acids is 1. The van der Waals surface area contributed by atoms with Crippen molar-refractivity contribution in [3.05, 3.63) is 54.4 Å². The van der Waals surface area contributed by atoms with E-state index in [-0.39, 0.29) is 5.82 Å². The van der Waals surface area contributed by atoms with Crippen LogP contribution in [0.3, 0.4) is 0 Å². The summed E-state index contributed by atoms with van der Waals surface area (Å²) < 4.78 is 49.7. The first-order valence-corrected chi connectivity index (χ1v) is 11.8. The van der Waals surface area contributed by atoms with Crippen LogP contribution in [0.2, 0.25) is 0 Å². The lowest BCUT2D eigenvalue weighted by molar-refractivity contribution is -0.185. The summed E-state index contributed by atoms with van der Waals surface area (Å²) >= 11 is 0. The van der Waals surface area contributed by atoms with Crippen molar-refractivity contribution in [2.45, 2.75) is 25.4 Å². The summed E-state index contributed by atoms with van der Waals surface area (Å²) in [7, 11) is 0. The summed E-state index contributed by atoms with van der Waals surface area (Å²) in [4.78, 5) is 19.1. The van der Waals surface area contributed by atoms with Gasteiger partial charge >= 0.3 is 12.2 Å². The number of nitrogens with one attached hydrogen (secondary N) is 3. The molecular weight excluding hydrogens is 489 g/mol. The standard InChI is InChI=1S/C25H29F3N6O3/c1-24(2,25(26,27)28)20-15-22(33-37-20)32-23(35)31-19-6-3-17(4-7-19)18-5-8-21(30-16-18)29-9-10-34-11-13-36-14-12-34/h3-8,15-16H,9-14H2,1-2H3,(H,29,30)(H2,31,32,33,35). The molecule has 12 heteroatoms. The molecule has 0 atom stereocenters. The number of hydrogen-bond donors (Lipinski definition) is 3. The quantitative estimate of drug-likeness (QED) is 0.387. The number of anilines is 3. The molecule has 198 valence electrons. The molecule has 0 saturated carbocycles. The fourth-order valence-corrected chi connectivity index (χ4v) is 3.63. The maximum Gasteiger partial charge on any atom is 0.401 e. The van der Waals surface area contributed by atoms with Gasteiger partial charge in [0.15, 0.2) is 11.6 Å². The number of nitrogens with zero attached hydrogens (tertiary/aromatic N) is 3. The highest BCUT2D eigenvalue weighted by molar-refractivity contribution is 5.99.